The zero-order valence-corrected chi connectivity index (χ0v) is 24.6. The second-order valence-electron chi connectivity index (χ2n) is 11.0. The van der Waals surface area contributed by atoms with Gasteiger partial charge >= 0.3 is 11.8 Å². The van der Waals surface area contributed by atoms with E-state index in [4.69, 9.17) is 16.6 Å². The molecule has 0 bridgehead atoms. The van der Waals surface area contributed by atoms with Crippen molar-refractivity contribution in [1.82, 2.24) is 24.4 Å². The van der Waals surface area contributed by atoms with Crippen molar-refractivity contribution in [1.29, 1.82) is 0 Å². The van der Waals surface area contributed by atoms with Gasteiger partial charge in [-0.25, -0.2) is 23.5 Å². The second-order valence-corrected chi connectivity index (χ2v) is 11.4. The molecule has 1 aliphatic rings. The molecule has 0 aliphatic carbocycles. The van der Waals surface area contributed by atoms with Crippen LogP contribution in [-0.2, 0) is 0 Å². The van der Waals surface area contributed by atoms with Gasteiger partial charge in [0.25, 0.3) is 0 Å². The van der Waals surface area contributed by atoms with Crippen LogP contribution >= 0.6 is 11.6 Å². The summed E-state index contributed by atoms with van der Waals surface area (Å²) in [5.74, 6) is -0.113. The number of anilines is 1. The first-order valence-electron chi connectivity index (χ1n) is 13.5. The molecule has 1 amide bonds. The number of piperazine rings is 1. The fourth-order valence-corrected chi connectivity index (χ4v) is 5.96. The fraction of sp³-hybridized carbons (Fsp3) is 0.367. The predicted octanol–water partition coefficient (Wildman–Crippen LogP) is 5.95. The average molecular weight is 579 g/mol. The summed E-state index contributed by atoms with van der Waals surface area (Å²) in [6, 6.07) is 7.91. The summed E-state index contributed by atoms with van der Waals surface area (Å²) in [7, 11) is 0. The molecule has 3 aromatic heterocycles. The molecule has 214 valence electrons. The largest absolute Gasteiger partial charge is 0.465 e. The van der Waals surface area contributed by atoms with Crippen molar-refractivity contribution in [2.45, 2.75) is 59.5 Å². The summed E-state index contributed by atoms with van der Waals surface area (Å²) in [5.41, 5.74) is 2.62. The van der Waals surface area contributed by atoms with E-state index in [0.29, 0.717) is 28.1 Å². The highest BCUT2D eigenvalue weighted by atomic mass is 35.5. The average Bonchev–Trinajstić information content (AvgIpc) is 2.90. The van der Waals surface area contributed by atoms with E-state index in [1.807, 2.05) is 45.6 Å². The minimum atomic E-state index is -1.00. The van der Waals surface area contributed by atoms with Gasteiger partial charge in [0.2, 0.25) is 0 Å². The van der Waals surface area contributed by atoms with Crippen molar-refractivity contribution in [2.75, 3.05) is 18.0 Å². The van der Waals surface area contributed by atoms with Crippen molar-refractivity contribution in [3.05, 3.63) is 74.7 Å². The van der Waals surface area contributed by atoms with Gasteiger partial charge in [-0.05, 0) is 62.9 Å². The number of rotatable bonds is 4. The number of carbonyl (C=O) groups is 1. The van der Waals surface area contributed by atoms with E-state index in [1.54, 1.807) is 37.4 Å². The number of aromatic nitrogens is 4. The smallest absolute Gasteiger partial charge is 0.407 e. The SMILES string of the molecule is Cc1cccc(-c2nc3c(cc2Cl)c(N2[C@H](C)CN(C(=O)O)C[C@@H]2C)nc(=O)n3-c2c(C)ccnc2C(C)C)c1F. The van der Waals surface area contributed by atoms with Crippen LogP contribution in [0.15, 0.2) is 41.3 Å². The van der Waals surface area contributed by atoms with Gasteiger partial charge in [0.1, 0.15) is 11.6 Å². The molecule has 0 saturated carbocycles. The number of nitrogens with zero attached hydrogens (tertiary/aromatic N) is 6. The summed E-state index contributed by atoms with van der Waals surface area (Å²) in [6.07, 6.45) is 0.700. The number of carboxylic acid groups (broad SMARTS) is 1. The lowest BCUT2D eigenvalue weighted by Gasteiger charge is -2.44. The number of hydrogen-bond acceptors (Lipinski definition) is 6. The van der Waals surface area contributed by atoms with Crippen LogP contribution in [0.1, 0.15) is 50.4 Å². The summed E-state index contributed by atoms with van der Waals surface area (Å²) in [4.78, 5) is 43.0. The second kappa shape index (κ2) is 10.7. The van der Waals surface area contributed by atoms with Crippen LogP contribution in [0.2, 0.25) is 5.02 Å². The van der Waals surface area contributed by atoms with E-state index in [1.165, 1.54) is 9.47 Å². The Bertz CT molecular complexity index is 1730. The molecular formula is C30H32ClFN6O3. The molecule has 5 rings (SSSR count). The Labute approximate surface area is 242 Å². The Morgan fingerprint density at radius 1 is 1.10 bits per heavy atom. The predicted molar refractivity (Wildman–Crippen MR) is 158 cm³/mol. The zero-order chi connectivity index (χ0) is 29.7. The number of amides is 1. The lowest BCUT2D eigenvalue weighted by molar-refractivity contribution is 0.128. The van der Waals surface area contributed by atoms with Gasteiger partial charge in [-0.3, -0.25) is 4.98 Å². The van der Waals surface area contributed by atoms with E-state index in [0.717, 1.165) is 5.56 Å². The molecule has 0 spiro atoms. The van der Waals surface area contributed by atoms with E-state index in [2.05, 4.69) is 9.97 Å². The Balaban J connectivity index is 1.87. The van der Waals surface area contributed by atoms with Crippen LogP contribution in [0.5, 0.6) is 0 Å². The minimum absolute atomic E-state index is 0.0170. The molecule has 9 nitrogen and oxygen atoms in total. The fourth-order valence-electron chi connectivity index (χ4n) is 5.70. The van der Waals surface area contributed by atoms with Crippen LogP contribution < -0.4 is 10.6 Å². The molecule has 2 atom stereocenters. The Morgan fingerprint density at radius 3 is 2.41 bits per heavy atom. The number of pyridine rings is 2. The maximum absolute atomic E-state index is 15.3. The van der Waals surface area contributed by atoms with E-state index < -0.39 is 17.6 Å². The maximum atomic E-state index is 15.3. The molecule has 4 heterocycles. The summed E-state index contributed by atoms with van der Waals surface area (Å²) in [5, 5.41) is 10.3. The van der Waals surface area contributed by atoms with E-state index in [-0.39, 0.29) is 53.0 Å². The van der Waals surface area contributed by atoms with Crippen molar-refractivity contribution in [2.24, 2.45) is 0 Å². The van der Waals surface area contributed by atoms with E-state index in [9.17, 15) is 14.7 Å². The van der Waals surface area contributed by atoms with Gasteiger partial charge in [-0.15, -0.1) is 0 Å². The van der Waals surface area contributed by atoms with Gasteiger partial charge in [-0.2, -0.15) is 4.98 Å². The topological polar surface area (TPSA) is 104 Å². The van der Waals surface area contributed by atoms with Gasteiger partial charge < -0.3 is 14.9 Å². The summed E-state index contributed by atoms with van der Waals surface area (Å²) >= 11 is 6.80. The molecule has 0 unspecified atom stereocenters. The summed E-state index contributed by atoms with van der Waals surface area (Å²) < 4.78 is 16.8. The zero-order valence-electron chi connectivity index (χ0n) is 23.8. The first-order chi connectivity index (χ1) is 19.4. The molecule has 1 aliphatic heterocycles. The van der Waals surface area contributed by atoms with Crippen LogP contribution in [0.3, 0.4) is 0 Å². The number of halogens is 2. The number of aryl methyl sites for hydroxylation is 2. The molecular weight excluding hydrogens is 547 g/mol. The van der Waals surface area contributed by atoms with Gasteiger partial charge in [-0.1, -0.05) is 37.6 Å². The molecule has 4 aromatic rings. The molecule has 41 heavy (non-hydrogen) atoms. The Hall–Kier alpha value is -4.05. The molecule has 1 N–H and O–H groups in total. The van der Waals surface area contributed by atoms with Crippen LogP contribution in [0.25, 0.3) is 28.0 Å². The third-order valence-electron chi connectivity index (χ3n) is 7.61. The molecule has 1 aromatic carbocycles. The molecule has 1 fully saturated rings. The van der Waals surface area contributed by atoms with Crippen molar-refractivity contribution in [3.63, 3.8) is 0 Å². The monoisotopic (exact) mass is 578 g/mol. The molecule has 1 saturated heterocycles. The highest BCUT2D eigenvalue weighted by Crippen LogP contribution is 2.37. The van der Waals surface area contributed by atoms with Crippen molar-refractivity contribution >= 4 is 34.5 Å². The first-order valence-corrected chi connectivity index (χ1v) is 13.9. The Morgan fingerprint density at radius 2 is 1.78 bits per heavy atom. The lowest BCUT2D eigenvalue weighted by atomic mass is 10.0. The third-order valence-corrected chi connectivity index (χ3v) is 7.90. The standard InChI is InChI=1S/C30H32ClFN6O3/c1-15(2)24-26(17(4)10-11-33-24)38-27-21(12-22(31)25(34-27)20-9-7-8-16(3)23(20)32)28(35-29(38)39)37-18(5)13-36(30(40)41)14-19(37)6/h7-12,15,18-19H,13-14H2,1-6H3,(H,40,41)/t18-,19+. The number of fused-ring (bicyclic) bond motifs is 1. The van der Waals surface area contributed by atoms with Gasteiger partial charge in [0.15, 0.2) is 5.65 Å². The highest BCUT2D eigenvalue weighted by molar-refractivity contribution is 6.33. The van der Waals surface area contributed by atoms with Gasteiger partial charge in [0.05, 0.1) is 27.5 Å². The third kappa shape index (κ3) is 4.90. The van der Waals surface area contributed by atoms with Crippen molar-refractivity contribution in [3.8, 4) is 16.9 Å². The Kier molecular flexibility index (Phi) is 7.46. The quantitative estimate of drug-likeness (QED) is 0.319. The molecule has 11 heteroatoms. The van der Waals surface area contributed by atoms with Crippen LogP contribution in [0, 0.1) is 19.7 Å². The minimum Gasteiger partial charge on any atom is -0.465 e. The van der Waals surface area contributed by atoms with Crippen molar-refractivity contribution < 1.29 is 14.3 Å². The van der Waals surface area contributed by atoms with Crippen LogP contribution in [-0.4, -0.2) is 60.8 Å². The maximum Gasteiger partial charge on any atom is 0.407 e. The van der Waals surface area contributed by atoms with Gasteiger partial charge in [0, 0.05) is 36.9 Å². The number of benzene rings is 1. The number of hydrogen-bond donors (Lipinski definition) is 1. The lowest BCUT2D eigenvalue weighted by Crippen LogP contribution is -2.58. The normalized spacial score (nSPS) is 17.5. The first kappa shape index (κ1) is 28.5. The van der Waals surface area contributed by atoms with E-state index >= 15 is 4.39 Å². The highest BCUT2D eigenvalue weighted by Gasteiger charge is 2.35. The molecule has 0 radical (unpaired) electrons. The summed E-state index contributed by atoms with van der Waals surface area (Å²) in [6.45, 7) is 11.8. The van der Waals surface area contributed by atoms with Crippen LogP contribution in [0.4, 0.5) is 15.0 Å².